The molecule has 116 valence electrons. The van der Waals surface area contributed by atoms with Crippen LogP contribution in [0.15, 0.2) is 60.7 Å². The summed E-state index contributed by atoms with van der Waals surface area (Å²) in [6.45, 7) is 4.54. The van der Waals surface area contributed by atoms with E-state index in [0.717, 1.165) is 12.8 Å². The number of rotatable bonds is 4. The zero-order chi connectivity index (χ0) is 15.8. The maximum Gasteiger partial charge on any atom is 0.00388 e. The van der Waals surface area contributed by atoms with E-state index in [9.17, 15) is 0 Å². The Morgan fingerprint density at radius 3 is 1.52 bits per heavy atom. The van der Waals surface area contributed by atoms with Crippen LogP contribution in [0, 0.1) is 0 Å². The summed E-state index contributed by atoms with van der Waals surface area (Å²) in [5.74, 6) is 1.12. The van der Waals surface area contributed by atoms with Crippen LogP contribution in [-0.4, -0.2) is 0 Å². The van der Waals surface area contributed by atoms with Crippen LogP contribution in [0.25, 0.3) is 11.1 Å². The van der Waals surface area contributed by atoms with E-state index in [1.807, 2.05) is 0 Å². The van der Waals surface area contributed by atoms with Gasteiger partial charge < -0.3 is 0 Å². The third-order valence-corrected chi connectivity index (χ3v) is 5.49. The highest BCUT2D eigenvalue weighted by atomic mass is 14.3. The van der Waals surface area contributed by atoms with Crippen LogP contribution in [0.1, 0.15) is 67.2 Å². The summed E-state index contributed by atoms with van der Waals surface area (Å²) in [6, 6.07) is 18.0. The zero-order valence-corrected chi connectivity index (χ0v) is 14.0. The molecule has 2 atom stereocenters. The molecular formula is C23H24. The van der Waals surface area contributed by atoms with Gasteiger partial charge in [-0.2, -0.15) is 0 Å². The second-order valence-electron chi connectivity index (χ2n) is 6.71. The molecule has 0 radical (unpaired) electrons. The Balaban J connectivity index is 1.68. The molecule has 0 fully saturated rings. The lowest BCUT2D eigenvalue weighted by Crippen LogP contribution is -2.00. The van der Waals surface area contributed by atoms with Crippen molar-refractivity contribution >= 4 is 11.1 Å². The van der Waals surface area contributed by atoms with Crippen LogP contribution in [0.2, 0.25) is 0 Å². The van der Waals surface area contributed by atoms with Gasteiger partial charge in [-0.25, -0.2) is 0 Å². The van der Waals surface area contributed by atoms with E-state index in [4.69, 9.17) is 0 Å². The molecule has 4 rings (SSSR count). The molecule has 0 bridgehead atoms. The average molecular weight is 300 g/mol. The van der Waals surface area contributed by atoms with E-state index in [0.29, 0.717) is 11.8 Å². The van der Waals surface area contributed by atoms with Crippen LogP contribution in [-0.2, 0) is 0 Å². The molecule has 0 nitrogen and oxygen atoms in total. The summed E-state index contributed by atoms with van der Waals surface area (Å²) in [5, 5.41) is 0. The average Bonchev–Trinajstić information content (AvgIpc) is 3.14. The van der Waals surface area contributed by atoms with Gasteiger partial charge in [0.2, 0.25) is 0 Å². The minimum atomic E-state index is 0.562. The van der Waals surface area contributed by atoms with E-state index in [2.05, 4.69) is 74.5 Å². The van der Waals surface area contributed by atoms with E-state index in [-0.39, 0.29) is 0 Å². The van der Waals surface area contributed by atoms with Gasteiger partial charge in [0.25, 0.3) is 0 Å². The van der Waals surface area contributed by atoms with Gasteiger partial charge in [-0.1, -0.05) is 74.5 Å². The first kappa shape index (κ1) is 14.5. The second kappa shape index (κ2) is 5.85. The molecule has 2 aliphatic rings. The first-order valence-corrected chi connectivity index (χ1v) is 8.91. The molecule has 0 heterocycles. The first-order chi connectivity index (χ1) is 11.3. The van der Waals surface area contributed by atoms with Gasteiger partial charge in [-0.15, -0.1) is 0 Å². The molecular weight excluding hydrogens is 276 g/mol. The Kier molecular flexibility index (Phi) is 3.69. The van der Waals surface area contributed by atoms with E-state index < -0.39 is 0 Å². The molecule has 0 spiro atoms. The van der Waals surface area contributed by atoms with Crippen molar-refractivity contribution in [1.82, 2.24) is 0 Å². The molecule has 2 aliphatic carbocycles. The van der Waals surface area contributed by atoms with Crippen LogP contribution in [0.5, 0.6) is 0 Å². The lowest BCUT2D eigenvalue weighted by molar-refractivity contribution is 0.685. The van der Waals surface area contributed by atoms with Gasteiger partial charge in [-0.05, 0) is 52.7 Å². The summed E-state index contributed by atoms with van der Waals surface area (Å²) >= 11 is 0. The summed E-state index contributed by atoms with van der Waals surface area (Å²) in [4.78, 5) is 0. The highest BCUT2D eigenvalue weighted by Gasteiger charge is 2.28. The van der Waals surface area contributed by atoms with Crippen molar-refractivity contribution in [3.8, 4) is 0 Å². The predicted molar refractivity (Wildman–Crippen MR) is 99.5 cm³/mol. The van der Waals surface area contributed by atoms with Gasteiger partial charge >= 0.3 is 0 Å². The highest BCUT2D eigenvalue weighted by molar-refractivity contribution is 5.76. The third-order valence-electron chi connectivity index (χ3n) is 5.49. The molecule has 0 saturated heterocycles. The van der Waals surface area contributed by atoms with E-state index in [1.165, 1.54) is 39.8 Å². The largest absolute Gasteiger partial charge is 0.0731 e. The van der Waals surface area contributed by atoms with Gasteiger partial charge in [0.15, 0.2) is 0 Å². The third kappa shape index (κ3) is 2.37. The summed E-state index contributed by atoms with van der Waals surface area (Å²) < 4.78 is 0. The fraction of sp³-hybridized carbons (Fsp3) is 0.304. The molecule has 0 aromatic heterocycles. The molecule has 23 heavy (non-hydrogen) atoms. The Bertz CT molecular complexity index is 724. The quantitative estimate of drug-likeness (QED) is 0.600. The van der Waals surface area contributed by atoms with Crippen LogP contribution in [0.4, 0.5) is 0 Å². The monoisotopic (exact) mass is 300 g/mol. The molecule has 0 heteroatoms. The number of allylic oxidation sites excluding steroid dienone is 4. The Labute approximate surface area is 139 Å². The smallest absolute Gasteiger partial charge is 0.00388 e. The lowest BCUT2D eigenvalue weighted by Gasteiger charge is -2.16. The normalized spacial score (nSPS) is 21.7. The van der Waals surface area contributed by atoms with Crippen molar-refractivity contribution in [2.24, 2.45) is 0 Å². The Hall–Kier alpha value is -2.08. The minimum absolute atomic E-state index is 0.562. The highest BCUT2D eigenvalue weighted by Crippen LogP contribution is 2.46. The lowest BCUT2D eigenvalue weighted by atomic mass is 9.87. The van der Waals surface area contributed by atoms with Crippen LogP contribution in [0.3, 0.4) is 0 Å². The summed E-state index contributed by atoms with van der Waals surface area (Å²) in [7, 11) is 0. The number of fused-ring (bicyclic) bond motifs is 2. The molecule has 2 aromatic carbocycles. The van der Waals surface area contributed by atoms with E-state index >= 15 is 0 Å². The van der Waals surface area contributed by atoms with Crippen LogP contribution >= 0.6 is 0 Å². The van der Waals surface area contributed by atoms with Crippen molar-refractivity contribution in [2.45, 2.75) is 44.9 Å². The predicted octanol–water partition coefficient (Wildman–Crippen LogP) is 6.56. The molecule has 2 aromatic rings. The first-order valence-electron chi connectivity index (χ1n) is 8.91. The Morgan fingerprint density at radius 1 is 0.652 bits per heavy atom. The van der Waals surface area contributed by atoms with Crippen LogP contribution < -0.4 is 0 Å². The van der Waals surface area contributed by atoms with Gasteiger partial charge in [-0.3, -0.25) is 0 Å². The fourth-order valence-corrected chi connectivity index (χ4v) is 4.35. The van der Waals surface area contributed by atoms with Crippen molar-refractivity contribution in [2.75, 3.05) is 0 Å². The molecule has 0 aliphatic heterocycles. The van der Waals surface area contributed by atoms with E-state index in [1.54, 1.807) is 0 Å². The number of hydrogen-bond donors (Lipinski definition) is 0. The van der Waals surface area contributed by atoms with Crippen molar-refractivity contribution in [3.05, 3.63) is 82.9 Å². The topological polar surface area (TPSA) is 0 Å². The zero-order valence-electron chi connectivity index (χ0n) is 14.0. The van der Waals surface area contributed by atoms with Crippen molar-refractivity contribution in [3.63, 3.8) is 0 Å². The van der Waals surface area contributed by atoms with Gasteiger partial charge in [0.1, 0.15) is 0 Å². The Morgan fingerprint density at radius 2 is 1.09 bits per heavy atom. The molecule has 0 unspecified atom stereocenters. The number of benzene rings is 2. The SMILES string of the molecule is CCC1=C[C@H](C[C@H]2C=C(CC)c3ccccc32)c2ccccc21. The summed E-state index contributed by atoms with van der Waals surface area (Å²) in [6.07, 6.45) is 8.49. The van der Waals surface area contributed by atoms with Gasteiger partial charge in [0.05, 0.1) is 0 Å². The summed E-state index contributed by atoms with van der Waals surface area (Å²) in [5.41, 5.74) is 9.06. The minimum Gasteiger partial charge on any atom is -0.0731 e. The maximum atomic E-state index is 2.52. The van der Waals surface area contributed by atoms with Crippen molar-refractivity contribution < 1.29 is 0 Å². The standard InChI is InChI=1S/C23H24/c1-3-16-13-18(22-11-7-5-9-20(16)22)15-19-14-17(4-2)21-10-6-8-12-23(19)21/h5-14,18-19H,3-4,15H2,1-2H3/t18-,19-/m1/s1. The number of hydrogen-bond acceptors (Lipinski definition) is 0. The second-order valence-corrected chi connectivity index (χ2v) is 6.71. The van der Waals surface area contributed by atoms with Gasteiger partial charge in [0, 0.05) is 11.8 Å². The van der Waals surface area contributed by atoms with Crippen molar-refractivity contribution in [1.29, 1.82) is 0 Å². The molecule has 0 amide bonds. The fourth-order valence-electron chi connectivity index (χ4n) is 4.35. The molecule has 0 saturated carbocycles. The maximum absolute atomic E-state index is 2.52. The molecule has 0 N–H and O–H groups in total.